The van der Waals surface area contributed by atoms with E-state index in [0.29, 0.717) is 39.2 Å². The standard InChI is InChI=1S/C26H31NO4/c1-4-29-23-14-20(15-24(16-23)30-5-2)17-27-18-22(12-13-26(28)31-6-3)25(19-27)21-10-8-7-9-11-21/h7-11,14-16,18-19H,4-6,12-13,17H2,1-3H3. The van der Waals surface area contributed by atoms with E-state index in [1.807, 2.05) is 57.2 Å². The number of carbonyl (C=O) groups excluding carboxylic acids is 1. The van der Waals surface area contributed by atoms with Crippen LogP contribution in [0.2, 0.25) is 0 Å². The molecule has 0 N–H and O–H groups in total. The monoisotopic (exact) mass is 421 g/mol. The highest BCUT2D eigenvalue weighted by Gasteiger charge is 2.13. The van der Waals surface area contributed by atoms with Crippen LogP contribution in [-0.2, 0) is 22.5 Å². The van der Waals surface area contributed by atoms with Gasteiger partial charge in [-0.15, -0.1) is 0 Å². The summed E-state index contributed by atoms with van der Waals surface area (Å²) in [6.07, 6.45) is 5.27. The zero-order valence-electron chi connectivity index (χ0n) is 18.6. The SMILES string of the molecule is CCOC(=O)CCc1cn(Cc2cc(OCC)cc(OCC)c2)cc1-c1ccccc1. The number of rotatable bonds is 11. The Bertz CT molecular complexity index is 954. The van der Waals surface area contributed by atoms with Crippen LogP contribution >= 0.6 is 0 Å². The Labute approximate surface area is 184 Å². The predicted octanol–water partition coefficient (Wildman–Crippen LogP) is 5.50. The first kappa shape index (κ1) is 22.5. The summed E-state index contributed by atoms with van der Waals surface area (Å²) in [5, 5.41) is 0. The van der Waals surface area contributed by atoms with Gasteiger partial charge in [0.05, 0.1) is 19.8 Å². The number of esters is 1. The van der Waals surface area contributed by atoms with Gasteiger partial charge in [0.2, 0.25) is 0 Å². The molecule has 0 amide bonds. The zero-order chi connectivity index (χ0) is 22.1. The number of hydrogen-bond acceptors (Lipinski definition) is 4. The van der Waals surface area contributed by atoms with Crippen LogP contribution in [0.25, 0.3) is 11.1 Å². The van der Waals surface area contributed by atoms with Crippen molar-refractivity contribution in [3.05, 3.63) is 72.1 Å². The zero-order valence-corrected chi connectivity index (χ0v) is 18.6. The van der Waals surface area contributed by atoms with Crippen molar-refractivity contribution in [2.75, 3.05) is 19.8 Å². The van der Waals surface area contributed by atoms with E-state index in [-0.39, 0.29) is 5.97 Å². The van der Waals surface area contributed by atoms with E-state index < -0.39 is 0 Å². The first-order chi connectivity index (χ1) is 15.1. The number of nitrogens with zero attached hydrogens (tertiary/aromatic N) is 1. The lowest BCUT2D eigenvalue weighted by Crippen LogP contribution is -2.05. The Morgan fingerprint density at radius 2 is 1.55 bits per heavy atom. The van der Waals surface area contributed by atoms with Crippen molar-refractivity contribution < 1.29 is 19.0 Å². The maximum Gasteiger partial charge on any atom is 0.306 e. The molecule has 0 aliphatic heterocycles. The van der Waals surface area contributed by atoms with Crippen LogP contribution in [0.5, 0.6) is 11.5 Å². The second kappa shape index (κ2) is 11.3. The molecule has 3 aromatic rings. The summed E-state index contributed by atoms with van der Waals surface area (Å²) < 4.78 is 18.7. The number of hydrogen-bond donors (Lipinski definition) is 0. The third kappa shape index (κ3) is 6.38. The van der Waals surface area contributed by atoms with Gasteiger partial charge >= 0.3 is 5.97 Å². The molecule has 0 atom stereocenters. The van der Waals surface area contributed by atoms with Crippen LogP contribution in [0.1, 0.15) is 38.3 Å². The van der Waals surface area contributed by atoms with Gasteiger partial charge in [-0.05, 0) is 56.0 Å². The van der Waals surface area contributed by atoms with Crippen molar-refractivity contribution in [1.29, 1.82) is 0 Å². The molecule has 164 valence electrons. The molecule has 5 nitrogen and oxygen atoms in total. The van der Waals surface area contributed by atoms with Gasteiger partial charge in [-0.25, -0.2) is 0 Å². The lowest BCUT2D eigenvalue weighted by molar-refractivity contribution is -0.143. The highest BCUT2D eigenvalue weighted by Crippen LogP contribution is 2.28. The van der Waals surface area contributed by atoms with Crippen molar-refractivity contribution in [1.82, 2.24) is 4.57 Å². The molecule has 0 saturated heterocycles. The molecule has 0 radical (unpaired) electrons. The van der Waals surface area contributed by atoms with Crippen LogP contribution in [0.15, 0.2) is 60.9 Å². The lowest BCUT2D eigenvalue weighted by Gasteiger charge is -2.11. The molecule has 0 fully saturated rings. The van der Waals surface area contributed by atoms with E-state index >= 15 is 0 Å². The summed E-state index contributed by atoms with van der Waals surface area (Å²) in [7, 11) is 0. The van der Waals surface area contributed by atoms with Crippen molar-refractivity contribution in [3.63, 3.8) is 0 Å². The Morgan fingerprint density at radius 3 is 2.16 bits per heavy atom. The molecule has 0 aliphatic carbocycles. The lowest BCUT2D eigenvalue weighted by atomic mass is 10.0. The molecule has 0 spiro atoms. The summed E-state index contributed by atoms with van der Waals surface area (Å²) in [4.78, 5) is 11.9. The fourth-order valence-corrected chi connectivity index (χ4v) is 3.63. The number of aryl methyl sites for hydroxylation is 1. The molecule has 31 heavy (non-hydrogen) atoms. The predicted molar refractivity (Wildman–Crippen MR) is 123 cm³/mol. The number of aromatic nitrogens is 1. The second-order valence-corrected chi connectivity index (χ2v) is 7.22. The van der Waals surface area contributed by atoms with Gasteiger partial charge in [-0.3, -0.25) is 4.79 Å². The molecule has 0 aliphatic rings. The molecule has 1 aromatic heterocycles. The van der Waals surface area contributed by atoms with Crippen LogP contribution in [-0.4, -0.2) is 30.4 Å². The van der Waals surface area contributed by atoms with Gasteiger partial charge in [-0.2, -0.15) is 0 Å². The van der Waals surface area contributed by atoms with Crippen molar-refractivity contribution in [2.24, 2.45) is 0 Å². The molecule has 0 bridgehead atoms. The van der Waals surface area contributed by atoms with Crippen LogP contribution < -0.4 is 9.47 Å². The quantitative estimate of drug-likeness (QED) is 0.384. The fraction of sp³-hybridized carbons (Fsp3) is 0.346. The molecule has 5 heteroatoms. The summed E-state index contributed by atoms with van der Waals surface area (Å²) in [5.41, 5.74) is 4.50. The van der Waals surface area contributed by atoms with Gasteiger partial charge in [0.25, 0.3) is 0 Å². The van der Waals surface area contributed by atoms with E-state index in [4.69, 9.17) is 14.2 Å². The Kier molecular flexibility index (Phi) is 8.16. The fourth-order valence-electron chi connectivity index (χ4n) is 3.63. The number of benzene rings is 2. The second-order valence-electron chi connectivity index (χ2n) is 7.22. The Balaban J connectivity index is 1.88. The van der Waals surface area contributed by atoms with Crippen molar-refractivity contribution >= 4 is 5.97 Å². The largest absolute Gasteiger partial charge is 0.494 e. The van der Waals surface area contributed by atoms with Gasteiger partial charge in [0, 0.05) is 37.0 Å². The average molecular weight is 422 g/mol. The van der Waals surface area contributed by atoms with Gasteiger partial charge in [0.15, 0.2) is 0 Å². The van der Waals surface area contributed by atoms with Crippen LogP contribution in [0.3, 0.4) is 0 Å². The minimum Gasteiger partial charge on any atom is -0.494 e. The highest BCUT2D eigenvalue weighted by atomic mass is 16.5. The van der Waals surface area contributed by atoms with E-state index in [9.17, 15) is 4.79 Å². The summed E-state index contributed by atoms with van der Waals surface area (Å²) >= 11 is 0. The molecule has 3 rings (SSSR count). The van der Waals surface area contributed by atoms with E-state index in [1.54, 1.807) is 0 Å². The van der Waals surface area contributed by atoms with E-state index in [2.05, 4.69) is 29.1 Å². The van der Waals surface area contributed by atoms with Gasteiger partial charge in [-0.1, -0.05) is 30.3 Å². The highest BCUT2D eigenvalue weighted by molar-refractivity contribution is 5.72. The van der Waals surface area contributed by atoms with Crippen LogP contribution in [0, 0.1) is 0 Å². The molecule has 0 unspecified atom stereocenters. The first-order valence-corrected chi connectivity index (χ1v) is 10.9. The van der Waals surface area contributed by atoms with Gasteiger partial charge < -0.3 is 18.8 Å². The third-order valence-corrected chi connectivity index (χ3v) is 4.88. The van der Waals surface area contributed by atoms with Crippen molar-refractivity contribution in [2.45, 2.75) is 40.2 Å². The smallest absolute Gasteiger partial charge is 0.306 e. The summed E-state index contributed by atoms with van der Waals surface area (Å²) in [5.74, 6) is 1.45. The summed E-state index contributed by atoms with van der Waals surface area (Å²) in [6, 6.07) is 16.3. The van der Waals surface area contributed by atoms with Gasteiger partial charge in [0.1, 0.15) is 11.5 Å². The average Bonchev–Trinajstić information content (AvgIpc) is 3.16. The third-order valence-electron chi connectivity index (χ3n) is 4.88. The normalized spacial score (nSPS) is 10.7. The summed E-state index contributed by atoms with van der Waals surface area (Å²) in [6.45, 7) is 8.08. The minimum absolute atomic E-state index is 0.167. The van der Waals surface area contributed by atoms with E-state index in [1.165, 1.54) is 0 Å². The molecular formula is C26H31NO4. The maximum absolute atomic E-state index is 11.9. The Hall–Kier alpha value is -3.21. The minimum atomic E-state index is -0.167. The molecule has 2 aromatic carbocycles. The van der Waals surface area contributed by atoms with Crippen molar-refractivity contribution in [3.8, 4) is 22.6 Å². The molecule has 1 heterocycles. The Morgan fingerprint density at radius 1 is 0.871 bits per heavy atom. The van der Waals surface area contributed by atoms with Crippen LogP contribution in [0.4, 0.5) is 0 Å². The maximum atomic E-state index is 11.9. The number of ether oxygens (including phenoxy) is 3. The first-order valence-electron chi connectivity index (χ1n) is 10.9. The van der Waals surface area contributed by atoms with E-state index in [0.717, 1.165) is 33.8 Å². The molecule has 0 saturated carbocycles. The molecular weight excluding hydrogens is 390 g/mol. The topological polar surface area (TPSA) is 49.7 Å². The number of carbonyl (C=O) groups is 1.